The highest BCUT2D eigenvalue weighted by Gasteiger charge is 2.26. The van der Waals surface area contributed by atoms with E-state index < -0.39 is 27.1 Å². The third-order valence-electron chi connectivity index (χ3n) is 5.29. The zero-order valence-corrected chi connectivity index (χ0v) is 18.8. The number of benzene rings is 4. The van der Waals surface area contributed by atoms with Gasteiger partial charge in [0.05, 0.1) is 32.6 Å². The second-order valence-electron chi connectivity index (χ2n) is 7.73. The molecule has 4 rings (SSSR count). The molecule has 0 spiro atoms. The molecule has 4 aromatic rings. The Balaban J connectivity index is 1.71. The van der Waals surface area contributed by atoms with E-state index in [-0.39, 0.29) is 33.6 Å². The Morgan fingerprint density at radius 3 is 1.89 bits per heavy atom. The van der Waals surface area contributed by atoms with Crippen molar-refractivity contribution in [2.24, 2.45) is 0 Å². The van der Waals surface area contributed by atoms with Gasteiger partial charge in [-0.3, -0.25) is 29.8 Å². The predicted molar refractivity (Wildman–Crippen MR) is 136 cm³/mol. The monoisotopic (exact) mass is 485 g/mol. The minimum Gasteiger partial charge on any atom is -0.349 e. The molecule has 0 aromatic heterocycles. The second kappa shape index (κ2) is 9.89. The quantitative estimate of drug-likeness (QED) is 0.227. The summed E-state index contributed by atoms with van der Waals surface area (Å²) in [4.78, 5) is 46.2. The third-order valence-corrected chi connectivity index (χ3v) is 5.29. The van der Waals surface area contributed by atoms with Gasteiger partial charge in [-0.1, -0.05) is 30.3 Å². The highest BCUT2D eigenvalue weighted by Crippen LogP contribution is 2.41. The molecule has 3 N–H and O–H groups in total. The van der Waals surface area contributed by atoms with Gasteiger partial charge in [-0.2, -0.15) is 0 Å². The molecule has 11 nitrogen and oxygen atoms in total. The van der Waals surface area contributed by atoms with Crippen molar-refractivity contribution in [3.05, 3.63) is 105 Å². The van der Waals surface area contributed by atoms with Crippen LogP contribution in [0, 0.1) is 20.2 Å². The first-order chi connectivity index (χ1) is 17.2. The van der Waals surface area contributed by atoms with Crippen LogP contribution >= 0.6 is 0 Å². The Hall–Kier alpha value is -5.32. The van der Waals surface area contributed by atoms with Crippen molar-refractivity contribution in [2.45, 2.75) is 6.92 Å². The van der Waals surface area contributed by atoms with Crippen LogP contribution in [-0.2, 0) is 4.79 Å². The average molecular weight is 485 g/mol. The van der Waals surface area contributed by atoms with Crippen molar-refractivity contribution >= 4 is 56.7 Å². The molecule has 0 aliphatic rings. The molecular weight excluding hydrogens is 466 g/mol. The van der Waals surface area contributed by atoms with Crippen LogP contribution in [0.2, 0.25) is 0 Å². The lowest BCUT2D eigenvalue weighted by Crippen LogP contribution is -2.14. The van der Waals surface area contributed by atoms with E-state index in [9.17, 15) is 29.8 Å². The van der Waals surface area contributed by atoms with E-state index in [0.717, 1.165) is 6.07 Å². The zero-order chi connectivity index (χ0) is 25.8. The molecular formula is C25H19N5O6. The van der Waals surface area contributed by atoms with Gasteiger partial charge >= 0.3 is 0 Å². The molecule has 0 saturated carbocycles. The predicted octanol–water partition coefficient (Wildman–Crippen LogP) is 5.61. The van der Waals surface area contributed by atoms with Gasteiger partial charge in [-0.05, 0) is 42.5 Å². The van der Waals surface area contributed by atoms with Gasteiger partial charge in [0.25, 0.3) is 17.3 Å². The largest absolute Gasteiger partial charge is 0.349 e. The van der Waals surface area contributed by atoms with Crippen LogP contribution in [0.15, 0.2) is 78.9 Å². The van der Waals surface area contributed by atoms with Gasteiger partial charge in [0.2, 0.25) is 5.91 Å². The molecule has 0 unspecified atom stereocenters. The van der Waals surface area contributed by atoms with E-state index in [0.29, 0.717) is 11.4 Å². The summed E-state index contributed by atoms with van der Waals surface area (Å²) in [5, 5.41) is 32.2. The number of hydrogen-bond donors (Lipinski definition) is 3. The van der Waals surface area contributed by atoms with Crippen LogP contribution in [0.4, 0.5) is 34.1 Å². The third kappa shape index (κ3) is 4.94. The van der Waals surface area contributed by atoms with Gasteiger partial charge < -0.3 is 16.0 Å². The van der Waals surface area contributed by atoms with Crippen molar-refractivity contribution in [3.63, 3.8) is 0 Å². The SMILES string of the molecule is CC(=O)Nc1ccc(NC(=O)c2ccccc2Nc2c([N+](=O)[O-])cc([N+](=O)[O-])c3ccccc23)cc1. The lowest BCUT2D eigenvalue weighted by Gasteiger charge is -2.15. The molecule has 0 bridgehead atoms. The number of nitrogens with zero attached hydrogens (tertiary/aromatic N) is 2. The smallest absolute Gasteiger partial charge is 0.300 e. The van der Waals surface area contributed by atoms with Gasteiger partial charge in [-0.15, -0.1) is 0 Å². The summed E-state index contributed by atoms with van der Waals surface area (Å²) in [6, 6.07) is 20.1. The van der Waals surface area contributed by atoms with Crippen LogP contribution in [0.3, 0.4) is 0 Å². The first-order valence-corrected chi connectivity index (χ1v) is 10.6. The summed E-state index contributed by atoms with van der Waals surface area (Å²) in [5.74, 6) is -0.709. The van der Waals surface area contributed by atoms with Crippen molar-refractivity contribution < 1.29 is 19.4 Å². The van der Waals surface area contributed by atoms with Crippen LogP contribution < -0.4 is 16.0 Å². The summed E-state index contributed by atoms with van der Waals surface area (Å²) >= 11 is 0. The van der Waals surface area contributed by atoms with Crippen molar-refractivity contribution in [1.29, 1.82) is 0 Å². The molecule has 11 heteroatoms. The maximum atomic E-state index is 13.1. The highest BCUT2D eigenvalue weighted by molar-refractivity contribution is 6.10. The Labute approximate surface area is 204 Å². The fourth-order valence-corrected chi connectivity index (χ4v) is 3.73. The molecule has 36 heavy (non-hydrogen) atoms. The second-order valence-corrected chi connectivity index (χ2v) is 7.73. The van der Waals surface area contributed by atoms with Crippen LogP contribution in [0.1, 0.15) is 17.3 Å². The summed E-state index contributed by atoms with van der Waals surface area (Å²) in [5.41, 5.74) is 0.643. The maximum Gasteiger partial charge on any atom is 0.300 e. The number of amides is 2. The van der Waals surface area contributed by atoms with Crippen LogP contribution in [0.5, 0.6) is 0 Å². The van der Waals surface area contributed by atoms with Gasteiger partial charge in [0, 0.05) is 23.7 Å². The van der Waals surface area contributed by atoms with E-state index in [1.165, 1.54) is 19.1 Å². The summed E-state index contributed by atoms with van der Waals surface area (Å²) in [7, 11) is 0. The summed E-state index contributed by atoms with van der Waals surface area (Å²) in [6.07, 6.45) is 0. The zero-order valence-electron chi connectivity index (χ0n) is 18.8. The Kier molecular flexibility index (Phi) is 6.55. The normalized spacial score (nSPS) is 10.5. The van der Waals surface area contributed by atoms with Crippen molar-refractivity contribution in [3.8, 4) is 0 Å². The minimum atomic E-state index is -0.707. The Morgan fingerprint density at radius 1 is 0.722 bits per heavy atom. The molecule has 180 valence electrons. The molecule has 2 amide bonds. The molecule has 4 aromatic carbocycles. The Morgan fingerprint density at radius 2 is 1.28 bits per heavy atom. The molecule has 0 heterocycles. The van der Waals surface area contributed by atoms with Crippen molar-refractivity contribution in [1.82, 2.24) is 0 Å². The van der Waals surface area contributed by atoms with Gasteiger partial charge in [0.1, 0.15) is 5.69 Å². The van der Waals surface area contributed by atoms with E-state index in [2.05, 4.69) is 16.0 Å². The standard InChI is InChI=1S/C25H19N5O6/c1-15(31)26-16-10-12-17(13-11-16)27-25(32)20-8-4-5-9-21(20)28-24-19-7-3-2-6-18(19)22(29(33)34)14-23(24)30(35)36/h2-14,28H,1H3,(H,26,31)(H,27,32). The number of carbonyl (C=O) groups excluding carboxylic acids is 2. The van der Waals surface area contributed by atoms with Crippen LogP contribution in [-0.4, -0.2) is 21.7 Å². The van der Waals surface area contributed by atoms with E-state index in [1.54, 1.807) is 60.7 Å². The lowest BCUT2D eigenvalue weighted by atomic mass is 10.0. The number of rotatable bonds is 7. The number of para-hydroxylation sites is 1. The van der Waals surface area contributed by atoms with E-state index in [4.69, 9.17) is 0 Å². The lowest BCUT2D eigenvalue weighted by molar-refractivity contribution is -0.392. The van der Waals surface area contributed by atoms with E-state index in [1.807, 2.05) is 0 Å². The highest BCUT2D eigenvalue weighted by atomic mass is 16.6. The fourth-order valence-electron chi connectivity index (χ4n) is 3.73. The van der Waals surface area contributed by atoms with E-state index >= 15 is 0 Å². The first kappa shape index (κ1) is 23.8. The fraction of sp³-hybridized carbons (Fsp3) is 0.0400. The molecule has 0 aliphatic carbocycles. The average Bonchev–Trinajstić information content (AvgIpc) is 2.85. The minimum absolute atomic E-state index is 0.0288. The molecule has 0 atom stereocenters. The number of fused-ring (bicyclic) bond motifs is 1. The first-order valence-electron chi connectivity index (χ1n) is 10.6. The number of nitro benzene ring substituents is 2. The number of hydrogen-bond acceptors (Lipinski definition) is 7. The van der Waals surface area contributed by atoms with Crippen molar-refractivity contribution in [2.75, 3.05) is 16.0 Å². The van der Waals surface area contributed by atoms with Crippen LogP contribution in [0.25, 0.3) is 10.8 Å². The molecule has 0 fully saturated rings. The summed E-state index contributed by atoms with van der Waals surface area (Å²) < 4.78 is 0. The molecule has 0 radical (unpaired) electrons. The van der Waals surface area contributed by atoms with Gasteiger partial charge in [0.15, 0.2) is 0 Å². The number of nitro groups is 2. The maximum absolute atomic E-state index is 13.1. The number of nitrogens with one attached hydrogen (secondary N) is 3. The summed E-state index contributed by atoms with van der Waals surface area (Å²) in [6.45, 7) is 1.39. The number of anilines is 4. The molecule has 0 aliphatic heterocycles. The Bertz CT molecular complexity index is 1520. The number of carbonyl (C=O) groups is 2. The number of non-ortho nitro benzene ring substituents is 1. The topological polar surface area (TPSA) is 157 Å². The molecule has 0 saturated heterocycles. The van der Waals surface area contributed by atoms with Gasteiger partial charge in [-0.25, -0.2) is 0 Å².